The minimum absolute atomic E-state index is 0. The van der Waals surface area contributed by atoms with Crippen LogP contribution in [0, 0.1) is 5.41 Å². The van der Waals surface area contributed by atoms with Crippen LogP contribution in [0.3, 0.4) is 0 Å². The van der Waals surface area contributed by atoms with E-state index in [1.165, 1.54) is 6.42 Å². The zero-order chi connectivity index (χ0) is 16.6. The Morgan fingerprint density at radius 1 is 1.17 bits per heavy atom. The van der Waals surface area contributed by atoms with E-state index in [9.17, 15) is 10.2 Å². The highest BCUT2D eigenvalue weighted by Gasteiger charge is 2.34. The number of halogens is 1. The molecule has 1 unspecified atom stereocenters. The van der Waals surface area contributed by atoms with Crippen molar-refractivity contribution in [2.75, 3.05) is 39.5 Å². The van der Waals surface area contributed by atoms with E-state index >= 15 is 0 Å². The number of nitrogens with zero attached hydrogens (tertiary/aromatic N) is 1. The molecule has 0 aromatic carbocycles. The third-order valence-electron chi connectivity index (χ3n) is 5.11. The Hall–Kier alpha value is -0.120. The van der Waals surface area contributed by atoms with Gasteiger partial charge in [-0.15, -0.1) is 24.0 Å². The monoisotopic (exact) mass is 455 g/mol. The van der Waals surface area contributed by atoms with E-state index in [4.69, 9.17) is 9.73 Å². The molecular weight excluding hydrogens is 421 g/mol. The van der Waals surface area contributed by atoms with Gasteiger partial charge in [0.2, 0.25) is 0 Å². The number of rotatable bonds is 7. The van der Waals surface area contributed by atoms with Crippen molar-refractivity contribution < 1.29 is 14.9 Å². The lowest BCUT2D eigenvalue weighted by molar-refractivity contribution is 0.00857. The third kappa shape index (κ3) is 6.65. The number of nitrogens with one attached hydrogen (secondary N) is 2. The first-order chi connectivity index (χ1) is 11.1. The quantitative estimate of drug-likeness (QED) is 0.267. The zero-order valence-corrected chi connectivity index (χ0v) is 17.2. The van der Waals surface area contributed by atoms with E-state index in [-0.39, 0.29) is 36.0 Å². The molecule has 2 fully saturated rings. The van der Waals surface area contributed by atoms with E-state index in [2.05, 4.69) is 10.6 Å². The zero-order valence-electron chi connectivity index (χ0n) is 14.9. The summed E-state index contributed by atoms with van der Waals surface area (Å²) in [6.45, 7) is 5.59. The number of aliphatic hydroxyl groups excluding tert-OH is 1. The summed E-state index contributed by atoms with van der Waals surface area (Å²) in [7, 11) is 0. The Bertz CT molecular complexity index is 381. The number of aliphatic imine (C=N–C) groups is 1. The first-order valence-corrected chi connectivity index (χ1v) is 9.05. The Balaban J connectivity index is 0.00000288. The molecule has 0 radical (unpaired) electrons. The summed E-state index contributed by atoms with van der Waals surface area (Å²) in [6.07, 6.45) is 6.81. The number of hydrogen-bond acceptors (Lipinski definition) is 4. The molecule has 1 heterocycles. The summed E-state index contributed by atoms with van der Waals surface area (Å²) in [6, 6.07) is 0. The first-order valence-electron chi connectivity index (χ1n) is 9.05. The van der Waals surface area contributed by atoms with Crippen LogP contribution < -0.4 is 10.6 Å². The van der Waals surface area contributed by atoms with Gasteiger partial charge in [-0.2, -0.15) is 0 Å². The predicted octanol–water partition coefficient (Wildman–Crippen LogP) is 1.64. The topological polar surface area (TPSA) is 86.1 Å². The Kier molecular flexibility index (Phi) is 9.84. The lowest BCUT2D eigenvalue weighted by Crippen LogP contribution is -2.48. The third-order valence-corrected chi connectivity index (χ3v) is 5.11. The smallest absolute Gasteiger partial charge is 0.191 e. The van der Waals surface area contributed by atoms with Gasteiger partial charge in [0.05, 0.1) is 18.8 Å². The highest BCUT2D eigenvalue weighted by molar-refractivity contribution is 14.0. The van der Waals surface area contributed by atoms with E-state index < -0.39 is 5.60 Å². The normalized spacial score (nSPS) is 26.7. The molecule has 0 aromatic heterocycles. The number of hydrogen-bond donors (Lipinski definition) is 4. The van der Waals surface area contributed by atoms with Crippen molar-refractivity contribution in [3.63, 3.8) is 0 Å². The average molecular weight is 455 g/mol. The van der Waals surface area contributed by atoms with Crippen LogP contribution in [0.25, 0.3) is 0 Å². The minimum atomic E-state index is -0.603. The van der Waals surface area contributed by atoms with Gasteiger partial charge < -0.3 is 25.6 Å². The molecule has 1 aliphatic carbocycles. The predicted molar refractivity (Wildman–Crippen MR) is 107 cm³/mol. The lowest BCUT2D eigenvalue weighted by atomic mass is 9.84. The molecule has 0 bridgehead atoms. The van der Waals surface area contributed by atoms with Gasteiger partial charge in [0.15, 0.2) is 5.96 Å². The fourth-order valence-electron chi connectivity index (χ4n) is 3.51. The molecule has 1 aliphatic heterocycles. The Morgan fingerprint density at radius 3 is 2.50 bits per heavy atom. The van der Waals surface area contributed by atoms with Crippen molar-refractivity contribution in [3.8, 4) is 0 Å². The largest absolute Gasteiger partial charge is 0.396 e. The van der Waals surface area contributed by atoms with E-state index in [1.807, 2.05) is 6.92 Å². The standard InChI is InChI=1S/C17H33N3O3.HI/c1-2-18-15(20-13-17(22)6-4-3-5-7-17)19-12-16(8-10-21)9-11-23-14-16;/h21-22H,2-14H2,1H3,(H2,18,19,20);1H. The van der Waals surface area contributed by atoms with Gasteiger partial charge in [0.1, 0.15) is 0 Å². The van der Waals surface area contributed by atoms with Gasteiger partial charge in [-0.25, -0.2) is 0 Å². The van der Waals surface area contributed by atoms with Crippen LogP contribution in [0.1, 0.15) is 51.9 Å². The van der Waals surface area contributed by atoms with E-state index in [1.54, 1.807) is 0 Å². The summed E-state index contributed by atoms with van der Waals surface area (Å²) in [5.41, 5.74) is -0.646. The van der Waals surface area contributed by atoms with E-state index in [0.717, 1.165) is 57.6 Å². The first kappa shape index (κ1) is 21.9. The molecule has 4 N–H and O–H groups in total. The lowest BCUT2D eigenvalue weighted by Gasteiger charge is -2.33. The van der Waals surface area contributed by atoms with Crippen LogP contribution in [0.2, 0.25) is 0 Å². The fraction of sp³-hybridized carbons (Fsp3) is 0.941. The summed E-state index contributed by atoms with van der Waals surface area (Å²) in [5, 5.41) is 26.5. The van der Waals surface area contributed by atoms with Crippen molar-refractivity contribution >= 4 is 29.9 Å². The van der Waals surface area contributed by atoms with E-state index in [0.29, 0.717) is 19.7 Å². The molecule has 7 heteroatoms. The molecule has 142 valence electrons. The number of aliphatic hydroxyl groups is 2. The fourth-order valence-corrected chi connectivity index (χ4v) is 3.51. The molecule has 0 spiro atoms. The highest BCUT2D eigenvalue weighted by Crippen LogP contribution is 2.32. The molecular formula is C17H34IN3O3. The van der Waals surface area contributed by atoms with Crippen molar-refractivity contribution in [1.82, 2.24) is 10.6 Å². The Morgan fingerprint density at radius 2 is 1.92 bits per heavy atom. The van der Waals surface area contributed by atoms with Crippen molar-refractivity contribution in [1.29, 1.82) is 0 Å². The van der Waals surface area contributed by atoms with Gasteiger partial charge in [-0.1, -0.05) is 19.3 Å². The molecule has 24 heavy (non-hydrogen) atoms. The van der Waals surface area contributed by atoms with Gasteiger partial charge in [0, 0.05) is 31.7 Å². The Labute approximate surface area is 162 Å². The van der Waals surface area contributed by atoms with Gasteiger partial charge >= 0.3 is 0 Å². The van der Waals surface area contributed by atoms with Gasteiger partial charge in [-0.3, -0.25) is 4.99 Å². The minimum Gasteiger partial charge on any atom is -0.396 e. The molecule has 0 aromatic rings. The maximum Gasteiger partial charge on any atom is 0.191 e. The SMILES string of the molecule is CCNC(=NCC1(CCO)CCOC1)NCC1(O)CCCCC1.I. The van der Waals surface area contributed by atoms with Crippen LogP contribution in [0.5, 0.6) is 0 Å². The second kappa shape index (κ2) is 10.8. The van der Waals surface area contributed by atoms with Gasteiger partial charge in [0.25, 0.3) is 0 Å². The second-order valence-corrected chi connectivity index (χ2v) is 7.11. The molecule has 1 saturated carbocycles. The van der Waals surface area contributed by atoms with Crippen LogP contribution >= 0.6 is 24.0 Å². The summed E-state index contributed by atoms with van der Waals surface area (Å²) < 4.78 is 5.52. The maximum absolute atomic E-state index is 10.6. The molecule has 6 nitrogen and oxygen atoms in total. The van der Waals surface area contributed by atoms with Crippen molar-refractivity contribution in [3.05, 3.63) is 0 Å². The molecule has 1 atom stereocenters. The summed E-state index contributed by atoms with van der Waals surface area (Å²) >= 11 is 0. The molecule has 2 rings (SSSR count). The van der Waals surface area contributed by atoms with Crippen LogP contribution in [-0.4, -0.2) is 61.2 Å². The molecule has 1 saturated heterocycles. The van der Waals surface area contributed by atoms with Crippen molar-refractivity contribution in [2.45, 2.75) is 57.5 Å². The average Bonchev–Trinajstić information content (AvgIpc) is 3.00. The van der Waals surface area contributed by atoms with Crippen LogP contribution in [0.4, 0.5) is 0 Å². The molecule has 0 amide bonds. The summed E-state index contributed by atoms with van der Waals surface area (Å²) in [4.78, 5) is 4.69. The highest BCUT2D eigenvalue weighted by atomic mass is 127. The molecule has 2 aliphatic rings. The summed E-state index contributed by atoms with van der Waals surface area (Å²) in [5.74, 6) is 0.746. The number of guanidine groups is 1. The van der Waals surface area contributed by atoms with Crippen molar-refractivity contribution in [2.24, 2.45) is 10.4 Å². The maximum atomic E-state index is 10.6. The number of ether oxygens (including phenoxy) is 1. The van der Waals surface area contributed by atoms with Gasteiger partial charge in [-0.05, 0) is 32.6 Å². The second-order valence-electron chi connectivity index (χ2n) is 7.11. The van der Waals surface area contributed by atoms with Crippen LogP contribution in [0.15, 0.2) is 4.99 Å². The van der Waals surface area contributed by atoms with Crippen LogP contribution in [-0.2, 0) is 4.74 Å².